The second kappa shape index (κ2) is 24.7. The lowest BCUT2D eigenvalue weighted by molar-refractivity contribution is 1.02. The molecular formula is C103H62N4S4. The average Bonchev–Trinajstić information content (AvgIpc) is 1.57. The number of para-hydroxylation sites is 6. The van der Waals surface area contributed by atoms with Crippen molar-refractivity contribution in [2.75, 3.05) is 0 Å². The standard InChI is InChI=1S/C37H23NS.C36H22N2S.C30H17NS2/c1-2-10-24(11-3-1)38-32-16-8-6-12-25(32)31-22-23(18-21-33(31)38)35-27-14-4-5-15-28(27)36-30(35)20-19-29-26-13-7-9-17-34(26)39-37(29)36;1-2-10-23(11-3-1)37-31-15-7-5-13-26(31)30-22-24(18-21-33(30)37)38-32-16-8-4-12-25(32)28-19-20-29-27-14-6-9-17-34(27)39-36(29)35(28)38;1-4-10-25-19(7-1)22-14-15-23-20-8-2-6-12-27(20)33-30(23)29(22)31(25)18-13-16-28-24(17-18)21-9-3-5-11-26(21)32-28/h1-22,35H;1-22H;1-17H. The summed E-state index contributed by atoms with van der Waals surface area (Å²) in [4.78, 5) is 0. The van der Waals surface area contributed by atoms with Gasteiger partial charge in [0.1, 0.15) is 0 Å². The molecule has 8 aromatic heterocycles. The molecule has 8 heterocycles. The quantitative estimate of drug-likeness (QED) is 0.164. The van der Waals surface area contributed by atoms with E-state index in [1.807, 2.05) is 45.3 Å². The summed E-state index contributed by atoms with van der Waals surface area (Å²) in [6, 6.07) is 136. The van der Waals surface area contributed by atoms with Crippen LogP contribution in [0.25, 0.3) is 202 Å². The van der Waals surface area contributed by atoms with Gasteiger partial charge < -0.3 is 18.3 Å². The third kappa shape index (κ3) is 9.43. The van der Waals surface area contributed by atoms with Crippen molar-refractivity contribution in [3.63, 3.8) is 0 Å². The Morgan fingerprint density at radius 2 is 0.541 bits per heavy atom. The summed E-state index contributed by atoms with van der Waals surface area (Å²) in [6.07, 6.45) is 0. The highest BCUT2D eigenvalue weighted by atomic mass is 32.1. The summed E-state index contributed by atoms with van der Waals surface area (Å²) in [7, 11) is 0. The number of fused-ring (bicyclic) bond motifs is 30. The Hall–Kier alpha value is -13.2. The SMILES string of the molecule is c1ccc(-n2c3ccccc3c3cc(-n4c5ccccc5c5ccc6c7ccccc7sc6c54)ccc32)cc1.c1ccc(-n2c3ccccc3c3cc(C4c5ccccc5-c5c4ccc4c5sc5ccccc54)ccc32)cc1.c1ccc2c(c1)sc1ccc(-n3c4ccccc4c4ccc5c6ccccc6sc5c43)cc12. The van der Waals surface area contributed by atoms with Crippen molar-refractivity contribution < 1.29 is 0 Å². The minimum absolute atomic E-state index is 0.217. The third-order valence-corrected chi connectivity index (χ3v) is 28.1. The average molecular weight is 1480 g/mol. The number of nitrogens with zero attached hydrogens (tertiary/aromatic N) is 4. The van der Waals surface area contributed by atoms with E-state index in [1.165, 1.54) is 218 Å². The summed E-state index contributed by atoms with van der Waals surface area (Å²) in [6.45, 7) is 0. The zero-order valence-corrected chi connectivity index (χ0v) is 63.0. The highest BCUT2D eigenvalue weighted by Crippen LogP contribution is 2.55. The summed E-state index contributed by atoms with van der Waals surface area (Å²) < 4.78 is 20.6. The van der Waals surface area contributed by atoms with E-state index in [0.29, 0.717) is 0 Å². The van der Waals surface area contributed by atoms with Gasteiger partial charge in [-0.05, 0) is 144 Å². The predicted octanol–water partition coefficient (Wildman–Crippen LogP) is 30.1. The first-order valence-corrected chi connectivity index (χ1v) is 41.2. The molecule has 17 aromatic carbocycles. The van der Waals surface area contributed by atoms with Gasteiger partial charge in [0.15, 0.2) is 0 Å². The zero-order chi connectivity index (χ0) is 72.5. The Bertz CT molecular complexity index is 8170. The minimum atomic E-state index is 0.217. The molecule has 0 aliphatic heterocycles. The third-order valence-electron chi connectivity index (χ3n) is 23.4. The number of benzene rings is 17. The molecule has 1 unspecified atom stereocenters. The number of aromatic nitrogens is 4. The van der Waals surface area contributed by atoms with Gasteiger partial charge in [0, 0.05) is 149 Å². The van der Waals surface area contributed by atoms with E-state index in [1.54, 1.807) is 0 Å². The lowest BCUT2D eigenvalue weighted by Crippen LogP contribution is -1.99. The molecule has 26 rings (SSSR count). The van der Waals surface area contributed by atoms with Gasteiger partial charge in [0.05, 0.1) is 53.5 Å². The monoisotopic (exact) mass is 1480 g/mol. The van der Waals surface area contributed by atoms with Crippen LogP contribution in [0, 0.1) is 0 Å². The lowest BCUT2D eigenvalue weighted by atomic mass is 9.88. The van der Waals surface area contributed by atoms with Gasteiger partial charge in [0.2, 0.25) is 0 Å². The second-order valence-electron chi connectivity index (χ2n) is 29.2. The van der Waals surface area contributed by atoms with Gasteiger partial charge in [0.25, 0.3) is 0 Å². The fourth-order valence-electron chi connectivity index (χ4n) is 18.7. The molecular weight excluding hydrogens is 1420 g/mol. The van der Waals surface area contributed by atoms with Gasteiger partial charge >= 0.3 is 0 Å². The minimum Gasteiger partial charge on any atom is -0.309 e. The molecule has 111 heavy (non-hydrogen) atoms. The van der Waals surface area contributed by atoms with E-state index in [9.17, 15) is 0 Å². The Kier molecular flexibility index (Phi) is 14.0. The van der Waals surface area contributed by atoms with Gasteiger partial charge in [-0.1, -0.05) is 249 Å². The summed E-state index contributed by atoms with van der Waals surface area (Å²) >= 11 is 7.61. The van der Waals surface area contributed by atoms with Crippen molar-refractivity contribution in [3.05, 3.63) is 387 Å². The van der Waals surface area contributed by atoms with E-state index in [-0.39, 0.29) is 5.92 Å². The number of rotatable bonds is 5. The van der Waals surface area contributed by atoms with Crippen LogP contribution in [0.15, 0.2) is 370 Å². The summed E-state index contributed by atoms with van der Waals surface area (Å²) in [5.41, 5.74) is 21.8. The Balaban J connectivity index is 0.0000000975. The van der Waals surface area contributed by atoms with Crippen molar-refractivity contribution >= 4 is 213 Å². The molecule has 1 atom stereocenters. The first-order valence-electron chi connectivity index (χ1n) is 37.9. The van der Waals surface area contributed by atoms with Crippen LogP contribution in [0.5, 0.6) is 0 Å². The van der Waals surface area contributed by atoms with Crippen molar-refractivity contribution in [1.82, 2.24) is 18.3 Å². The number of hydrogen-bond acceptors (Lipinski definition) is 4. The maximum atomic E-state index is 2.48. The maximum Gasteiger partial charge on any atom is 0.0719 e. The van der Waals surface area contributed by atoms with Crippen molar-refractivity contribution in [2.45, 2.75) is 5.92 Å². The largest absolute Gasteiger partial charge is 0.309 e. The van der Waals surface area contributed by atoms with Gasteiger partial charge in [-0.3, -0.25) is 0 Å². The molecule has 0 saturated heterocycles. The van der Waals surface area contributed by atoms with Gasteiger partial charge in [-0.2, -0.15) is 0 Å². The van der Waals surface area contributed by atoms with Crippen LogP contribution in [0.3, 0.4) is 0 Å². The van der Waals surface area contributed by atoms with E-state index < -0.39 is 0 Å². The molecule has 25 aromatic rings. The molecule has 0 bridgehead atoms. The van der Waals surface area contributed by atoms with Gasteiger partial charge in [-0.25, -0.2) is 0 Å². The van der Waals surface area contributed by atoms with Crippen LogP contribution < -0.4 is 0 Å². The van der Waals surface area contributed by atoms with Crippen LogP contribution in [0.2, 0.25) is 0 Å². The molecule has 1 aliphatic rings. The van der Waals surface area contributed by atoms with Crippen LogP contribution in [0.1, 0.15) is 22.6 Å². The summed E-state index contributed by atoms with van der Waals surface area (Å²) in [5.74, 6) is 0.217. The molecule has 4 nitrogen and oxygen atoms in total. The lowest BCUT2D eigenvalue weighted by Gasteiger charge is -2.15. The van der Waals surface area contributed by atoms with Crippen molar-refractivity contribution in [3.8, 4) is 33.9 Å². The van der Waals surface area contributed by atoms with Gasteiger partial charge in [-0.15, -0.1) is 45.3 Å². The zero-order valence-electron chi connectivity index (χ0n) is 59.7. The van der Waals surface area contributed by atoms with E-state index in [0.717, 1.165) is 0 Å². The highest BCUT2D eigenvalue weighted by molar-refractivity contribution is 7.27. The summed E-state index contributed by atoms with van der Waals surface area (Å²) in [5, 5.41) is 21.1. The topological polar surface area (TPSA) is 19.7 Å². The molecule has 0 fully saturated rings. The first-order chi connectivity index (χ1) is 55.1. The Morgan fingerprint density at radius 1 is 0.189 bits per heavy atom. The molecule has 0 amide bonds. The van der Waals surface area contributed by atoms with E-state index in [4.69, 9.17) is 0 Å². The van der Waals surface area contributed by atoms with Crippen LogP contribution >= 0.6 is 45.3 Å². The highest BCUT2D eigenvalue weighted by Gasteiger charge is 2.33. The molecule has 518 valence electrons. The molecule has 0 radical (unpaired) electrons. The van der Waals surface area contributed by atoms with E-state index >= 15 is 0 Å². The predicted molar refractivity (Wildman–Crippen MR) is 481 cm³/mol. The van der Waals surface area contributed by atoms with Crippen molar-refractivity contribution in [2.24, 2.45) is 0 Å². The Morgan fingerprint density at radius 3 is 1.07 bits per heavy atom. The van der Waals surface area contributed by atoms with Crippen molar-refractivity contribution in [1.29, 1.82) is 0 Å². The molecule has 8 heteroatoms. The fourth-order valence-corrected chi connectivity index (χ4v) is 23.5. The Labute approximate surface area is 652 Å². The molecule has 0 saturated carbocycles. The number of thiophene rings is 4. The van der Waals surface area contributed by atoms with Crippen LogP contribution in [-0.2, 0) is 0 Å². The normalized spacial score (nSPS) is 13.0. The second-order valence-corrected chi connectivity index (χ2v) is 33.5. The maximum absolute atomic E-state index is 2.48. The smallest absolute Gasteiger partial charge is 0.0719 e. The first kappa shape index (κ1) is 62.8. The van der Waals surface area contributed by atoms with Crippen LogP contribution in [0.4, 0.5) is 0 Å². The fraction of sp³-hybridized carbons (Fsp3) is 0.00971. The molecule has 0 N–H and O–H groups in total. The number of hydrogen-bond donors (Lipinski definition) is 0. The van der Waals surface area contributed by atoms with E-state index in [2.05, 4.69) is 388 Å². The molecule has 0 spiro atoms. The molecule has 1 aliphatic carbocycles. The van der Waals surface area contributed by atoms with Crippen LogP contribution in [-0.4, -0.2) is 18.3 Å².